The van der Waals surface area contributed by atoms with Crippen LogP contribution in [0, 0.1) is 0 Å². The summed E-state index contributed by atoms with van der Waals surface area (Å²) in [4.78, 5) is 48.0. The minimum Gasteiger partial charge on any atom is -0.497 e. The minimum atomic E-state index is -1.02. The maximum absolute atomic E-state index is 13.9. The van der Waals surface area contributed by atoms with E-state index in [1.54, 1.807) is 91.0 Å². The number of pyridine rings is 1. The molecule has 1 aromatic heterocycles. The van der Waals surface area contributed by atoms with Crippen LogP contribution >= 0.6 is 0 Å². The number of carbonyl (C=O) groups excluding carboxylic acids is 3. The second kappa shape index (κ2) is 11.7. The number of amides is 3. The molecule has 0 saturated carbocycles. The van der Waals surface area contributed by atoms with E-state index in [-0.39, 0.29) is 30.9 Å². The van der Waals surface area contributed by atoms with Crippen LogP contribution in [0.25, 0.3) is 0 Å². The zero-order valence-corrected chi connectivity index (χ0v) is 22.5. The number of rotatable bonds is 7. The fraction of sp³-hybridized carbons (Fsp3) is 0.333. The Labute approximate surface area is 232 Å². The summed E-state index contributed by atoms with van der Waals surface area (Å²) < 4.78 is 16.8. The summed E-state index contributed by atoms with van der Waals surface area (Å²) in [5, 5.41) is 2.93. The number of ether oxygens (including phenoxy) is 3. The Bertz CT molecular complexity index is 1360. The average Bonchev–Trinajstić information content (AvgIpc) is 3.38. The topological polar surface area (TPSA) is 110 Å². The molecule has 0 radical (unpaired) electrons. The molecule has 2 saturated heterocycles. The number of methoxy groups -OCH3 is 2. The minimum absolute atomic E-state index is 0.0601. The van der Waals surface area contributed by atoms with Crippen molar-refractivity contribution in [3.63, 3.8) is 0 Å². The van der Waals surface area contributed by atoms with Gasteiger partial charge in [0.25, 0.3) is 11.8 Å². The van der Waals surface area contributed by atoms with Gasteiger partial charge in [-0.05, 0) is 54.1 Å². The zero-order valence-electron chi connectivity index (χ0n) is 22.5. The molecule has 0 bridgehead atoms. The van der Waals surface area contributed by atoms with Gasteiger partial charge in [0.05, 0.1) is 20.8 Å². The van der Waals surface area contributed by atoms with Gasteiger partial charge >= 0.3 is 0 Å². The Morgan fingerprint density at radius 3 is 2.38 bits per heavy atom. The van der Waals surface area contributed by atoms with Crippen LogP contribution in [0.1, 0.15) is 39.1 Å². The second-order valence-electron chi connectivity index (χ2n) is 9.78. The number of likely N-dealkylation sites (tertiary alicyclic amines) is 1. The number of aromatic nitrogens is 1. The molecule has 3 aromatic rings. The van der Waals surface area contributed by atoms with Gasteiger partial charge in [0.1, 0.15) is 23.3 Å². The average molecular weight is 545 g/mol. The summed E-state index contributed by atoms with van der Waals surface area (Å²) >= 11 is 0. The van der Waals surface area contributed by atoms with Crippen molar-refractivity contribution in [2.45, 2.75) is 31.2 Å². The van der Waals surface area contributed by atoms with E-state index in [4.69, 9.17) is 14.2 Å². The van der Waals surface area contributed by atoms with Gasteiger partial charge in [-0.2, -0.15) is 0 Å². The third-order valence-electron chi connectivity index (χ3n) is 7.46. The van der Waals surface area contributed by atoms with Crippen LogP contribution in [-0.4, -0.2) is 78.2 Å². The van der Waals surface area contributed by atoms with Crippen molar-refractivity contribution in [1.82, 2.24) is 20.1 Å². The van der Waals surface area contributed by atoms with Crippen LogP contribution < -0.4 is 14.8 Å². The normalized spacial score (nSPS) is 17.9. The number of nitrogens with one attached hydrogen (secondary N) is 1. The zero-order chi connectivity index (χ0) is 28.1. The Morgan fingerprint density at radius 1 is 0.950 bits per heavy atom. The van der Waals surface area contributed by atoms with Gasteiger partial charge in [-0.25, -0.2) is 0 Å². The lowest BCUT2D eigenvalue weighted by Gasteiger charge is -2.44. The van der Waals surface area contributed by atoms with Crippen molar-refractivity contribution in [3.05, 3.63) is 89.7 Å². The first-order valence-corrected chi connectivity index (χ1v) is 13.2. The summed E-state index contributed by atoms with van der Waals surface area (Å²) in [6, 6.07) is 16.7. The number of piperidine rings is 1. The highest BCUT2D eigenvalue weighted by molar-refractivity contribution is 5.99. The van der Waals surface area contributed by atoms with Crippen LogP contribution in [0.3, 0.4) is 0 Å². The van der Waals surface area contributed by atoms with Gasteiger partial charge in [-0.15, -0.1) is 0 Å². The predicted molar refractivity (Wildman–Crippen MR) is 146 cm³/mol. The fourth-order valence-corrected chi connectivity index (χ4v) is 5.25. The number of hydrogen-bond acceptors (Lipinski definition) is 7. The van der Waals surface area contributed by atoms with Crippen molar-refractivity contribution in [3.8, 4) is 11.5 Å². The first-order chi connectivity index (χ1) is 19.4. The third kappa shape index (κ3) is 5.48. The number of carbonyl (C=O) groups is 3. The Balaban J connectivity index is 1.36. The molecule has 40 heavy (non-hydrogen) atoms. The summed E-state index contributed by atoms with van der Waals surface area (Å²) in [6.45, 7) is 1.08. The molecule has 1 N–H and O–H groups in total. The van der Waals surface area contributed by atoms with Crippen LogP contribution in [0.15, 0.2) is 73.1 Å². The van der Waals surface area contributed by atoms with Gasteiger partial charge in [0, 0.05) is 56.0 Å². The van der Waals surface area contributed by atoms with E-state index >= 15 is 0 Å². The molecule has 2 aliphatic heterocycles. The van der Waals surface area contributed by atoms with Crippen molar-refractivity contribution >= 4 is 17.7 Å². The Morgan fingerprint density at radius 2 is 1.70 bits per heavy atom. The Hall–Kier alpha value is -4.44. The van der Waals surface area contributed by atoms with Crippen LogP contribution in [-0.2, 0) is 16.1 Å². The van der Waals surface area contributed by atoms with Crippen molar-refractivity contribution in [1.29, 1.82) is 0 Å². The molecule has 2 aromatic carbocycles. The van der Waals surface area contributed by atoms with Gasteiger partial charge in [0.2, 0.25) is 5.91 Å². The van der Waals surface area contributed by atoms with Crippen molar-refractivity contribution < 1.29 is 28.6 Å². The number of hydrogen-bond donors (Lipinski definition) is 1. The molecule has 1 atom stereocenters. The fourth-order valence-electron chi connectivity index (χ4n) is 5.25. The van der Waals surface area contributed by atoms with E-state index in [1.807, 2.05) is 6.07 Å². The number of nitrogens with zero attached hydrogens (tertiary/aromatic N) is 3. The summed E-state index contributed by atoms with van der Waals surface area (Å²) in [6.07, 6.45) is 4.09. The quantitative estimate of drug-likeness (QED) is 0.487. The van der Waals surface area contributed by atoms with E-state index < -0.39 is 11.8 Å². The molecule has 3 amide bonds. The van der Waals surface area contributed by atoms with Crippen molar-refractivity contribution in [2.24, 2.45) is 0 Å². The SMILES string of the molecule is COc1ccc(C(=O)N2[C@H](C(=O)NCc3cccnc3)COC23CCN(C(=O)c2cccc(OC)c2)CC3)cc1. The molecule has 10 heteroatoms. The molecule has 0 unspecified atom stereocenters. The standard InChI is InChI=1S/C30H32N4O6/c1-38-24-10-8-22(9-11-24)29(37)34-26(27(35)32-19-21-5-4-14-31-18-21)20-40-30(34)12-15-33(16-13-30)28(36)23-6-3-7-25(17-23)39-2/h3-11,14,17-18,26H,12-13,15-16,19-20H2,1-2H3,(H,32,35)/t26-/m0/s1. The summed E-state index contributed by atoms with van der Waals surface area (Å²) in [5.41, 5.74) is 0.785. The number of benzene rings is 2. The first kappa shape index (κ1) is 27.1. The molecular weight excluding hydrogens is 512 g/mol. The molecule has 10 nitrogen and oxygen atoms in total. The first-order valence-electron chi connectivity index (χ1n) is 13.2. The molecule has 1 spiro atoms. The Kier molecular flexibility index (Phi) is 7.97. The second-order valence-corrected chi connectivity index (χ2v) is 9.78. The predicted octanol–water partition coefficient (Wildman–Crippen LogP) is 2.89. The lowest BCUT2D eigenvalue weighted by molar-refractivity contribution is -0.128. The van der Waals surface area contributed by atoms with E-state index in [0.29, 0.717) is 48.6 Å². The van der Waals surface area contributed by atoms with E-state index in [0.717, 1.165) is 5.56 Å². The monoisotopic (exact) mass is 544 g/mol. The lowest BCUT2D eigenvalue weighted by Crippen LogP contribution is -2.59. The molecule has 208 valence electrons. The van der Waals surface area contributed by atoms with Gasteiger partial charge in [0.15, 0.2) is 0 Å². The molecule has 2 fully saturated rings. The summed E-state index contributed by atoms with van der Waals surface area (Å²) in [7, 11) is 3.12. The lowest BCUT2D eigenvalue weighted by atomic mass is 9.96. The van der Waals surface area contributed by atoms with Gasteiger partial charge in [-0.3, -0.25) is 24.3 Å². The summed E-state index contributed by atoms with van der Waals surface area (Å²) in [5.74, 6) is 0.492. The van der Waals surface area contributed by atoms with Gasteiger partial charge < -0.3 is 24.4 Å². The van der Waals surface area contributed by atoms with E-state index in [2.05, 4.69) is 10.3 Å². The molecule has 0 aliphatic carbocycles. The molecule has 3 heterocycles. The highest BCUT2D eigenvalue weighted by atomic mass is 16.5. The largest absolute Gasteiger partial charge is 0.497 e. The highest BCUT2D eigenvalue weighted by Crippen LogP contribution is 2.39. The molecule has 2 aliphatic rings. The maximum Gasteiger partial charge on any atom is 0.256 e. The van der Waals surface area contributed by atoms with E-state index in [1.165, 1.54) is 0 Å². The third-order valence-corrected chi connectivity index (χ3v) is 7.46. The molecule has 5 rings (SSSR count). The van der Waals surface area contributed by atoms with Gasteiger partial charge in [-0.1, -0.05) is 12.1 Å². The molecular formula is C30H32N4O6. The van der Waals surface area contributed by atoms with Crippen LogP contribution in [0.4, 0.5) is 0 Å². The van der Waals surface area contributed by atoms with Crippen LogP contribution in [0.5, 0.6) is 11.5 Å². The van der Waals surface area contributed by atoms with Crippen LogP contribution in [0.2, 0.25) is 0 Å². The smallest absolute Gasteiger partial charge is 0.256 e. The highest BCUT2D eigenvalue weighted by Gasteiger charge is 2.54. The maximum atomic E-state index is 13.9. The van der Waals surface area contributed by atoms with Crippen molar-refractivity contribution in [2.75, 3.05) is 33.9 Å². The van der Waals surface area contributed by atoms with E-state index in [9.17, 15) is 14.4 Å².